The van der Waals surface area contributed by atoms with Gasteiger partial charge < -0.3 is 5.11 Å². The molecule has 0 saturated heterocycles. The standard InChI is InChI=1S/C11H17NO2S/c1-3-6-12(8-11(13)14)9(2)10-5-4-7-15-10/h4-5,7,9H,3,6,8H2,1-2H3,(H,13,14). The molecular formula is C11H17NO2S. The van der Waals surface area contributed by atoms with Gasteiger partial charge in [-0.1, -0.05) is 13.0 Å². The Bertz CT molecular complexity index is 298. The van der Waals surface area contributed by atoms with Crippen molar-refractivity contribution in [1.29, 1.82) is 0 Å². The highest BCUT2D eigenvalue weighted by atomic mass is 32.1. The number of carboxylic acid groups (broad SMARTS) is 1. The average Bonchev–Trinajstić information content (AvgIpc) is 2.68. The van der Waals surface area contributed by atoms with Gasteiger partial charge in [0.25, 0.3) is 0 Å². The Morgan fingerprint density at radius 2 is 2.40 bits per heavy atom. The first kappa shape index (κ1) is 12.2. The Kier molecular flexibility index (Phi) is 4.78. The van der Waals surface area contributed by atoms with Crippen molar-refractivity contribution in [2.24, 2.45) is 0 Å². The molecule has 1 unspecified atom stereocenters. The molecule has 15 heavy (non-hydrogen) atoms. The summed E-state index contributed by atoms with van der Waals surface area (Å²) in [4.78, 5) is 13.9. The summed E-state index contributed by atoms with van der Waals surface area (Å²) in [5.41, 5.74) is 0. The minimum Gasteiger partial charge on any atom is -0.480 e. The van der Waals surface area contributed by atoms with Gasteiger partial charge in [0.2, 0.25) is 0 Å². The molecule has 0 spiro atoms. The molecular weight excluding hydrogens is 210 g/mol. The van der Waals surface area contributed by atoms with Gasteiger partial charge in [0.15, 0.2) is 0 Å². The summed E-state index contributed by atoms with van der Waals surface area (Å²) >= 11 is 1.68. The van der Waals surface area contributed by atoms with E-state index in [4.69, 9.17) is 5.11 Å². The van der Waals surface area contributed by atoms with Crippen LogP contribution in [0.15, 0.2) is 17.5 Å². The van der Waals surface area contributed by atoms with Crippen molar-refractivity contribution in [3.8, 4) is 0 Å². The molecule has 0 radical (unpaired) electrons. The second-order valence-electron chi connectivity index (χ2n) is 3.56. The molecule has 3 nitrogen and oxygen atoms in total. The van der Waals surface area contributed by atoms with Crippen LogP contribution in [-0.4, -0.2) is 29.1 Å². The van der Waals surface area contributed by atoms with E-state index < -0.39 is 5.97 Å². The largest absolute Gasteiger partial charge is 0.480 e. The molecule has 0 bridgehead atoms. The van der Waals surface area contributed by atoms with E-state index in [0.717, 1.165) is 13.0 Å². The van der Waals surface area contributed by atoms with E-state index in [1.54, 1.807) is 11.3 Å². The second-order valence-corrected chi connectivity index (χ2v) is 4.53. The third-order valence-electron chi connectivity index (χ3n) is 2.35. The first-order chi connectivity index (χ1) is 7.15. The topological polar surface area (TPSA) is 40.5 Å². The van der Waals surface area contributed by atoms with Crippen LogP contribution in [0.2, 0.25) is 0 Å². The van der Waals surface area contributed by atoms with E-state index in [-0.39, 0.29) is 12.6 Å². The van der Waals surface area contributed by atoms with Crippen LogP contribution in [0.25, 0.3) is 0 Å². The van der Waals surface area contributed by atoms with Gasteiger partial charge in [0, 0.05) is 10.9 Å². The molecule has 1 aromatic rings. The fraction of sp³-hybridized carbons (Fsp3) is 0.545. The third kappa shape index (κ3) is 3.64. The average molecular weight is 227 g/mol. The number of hydrogen-bond donors (Lipinski definition) is 1. The highest BCUT2D eigenvalue weighted by Crippen LogP contribution is 2.24. The van der Waals surface area contributed by atoms with Crippen molar-refractivity contribution in [3.05, 3.63) is 22.4 Å². The molecule has 4 heteroatoms. The SMILES string of the molecule is CCCN(CC(=O)O)C(C)c1cccs1. The van der Waals surface area contributed by atoms with E-state index in [2.05, 4.69) is 19.9 Å². The minimum absolute atomic E-state index is 0.118. The summed E-state index contributed by atoms with van der Waals surface area (Å²) in [6.07, 6.45) is 0.975. The maximum absolute atomic E-state index is 10.7. The number of rotatable bonds is 6. The van der Waals surface area contributed by atoms with E-state index >= 15 is 0 Å². The Hall–Kier alpha value is -0.870. The zero-order valence-electron chi connectivity index (χ0n) is 9.14. The van der Waals surface area contributed by atoms with Crippen LogP contribution < -0.4 is 0 Å². The molecule has 0 aliphatic rings. The van der Waals surface area contributed by atoms with E-state index in [9.17, 15) is 4.79 Å². The fourth-order valence-electron chi connectivity index (χ4n) is 1.58. The molecule has 0 aromatic carbocycles. The first-order valence-electron chi connectivity index (χ1n) is 5.14. The smallest absolute Gasteiger partial charge is 0.317 e. The van der Waals surface area contributed by atoms with Gasteiger partial charge in [-0.15, -0.1) is 11.3 Å². The van der Waals surface area contributed by atoms with Crippen LogP contribution in [0, 0.1) is 0 Å². The van der Waals surface area contributed by atoms with Gasteiger partial charge in [-0.3, -0.25) is 9.69 Å². The van der Waals surface area contributed by atoms with Crippen LogP contribution in [0.4, 0.5) is 0 Å². The van der Waals surface area contributed by atoms with Crippen LogP contribution in [-0.2, 0) is 4.79 Å². The zero-order valence-corrected chi connectivity index (χ0v) is 9.96. The van der Waals surface area contributed by atoms with E-state index in [1.165, 1.54) is 4.88 Å². The normalized spacial score (nSPS) is 13.0. The Balaban J connectivity index is 2.66. The summed E-state index contributed by atoms with van der Waals surface area (Å²) in [5, 5.41) is 10.8. The lowest BCUT2D eigenvalue weighted by Crippen LogP contribution is -2.32. The molecule has 1 aromatic heterocycles. The van der Waals surface area contributed by atoms with Crippen LogP contribution in [0.3, 0.4) is 0 Å². The van der Waals surface area contributed by atoms with Crippen molar-refractivity contribution >= 4 is 17.3 Å². The molecule has 0 aliphatic carbocycles. The number of carboxylic acids is 1. The Morgan fingerprint density at radius 3 is 2.87 bits per heavy atom. The van der Waals surface area contributed by atoms with Gasteiger partial charge in [0.05, 0.1) is 6.54 Å². The summed E-state index contributed by atoms with van der Waals surface area (Å²) in [7, 11) is 0. The van der Waals surface area contributed by atoms with E-state index in [1.807, 2.05) is 16.3 Å². The van der Waals surface area contributed by atoms with Gasteiger partial charge in [-0.05, 0) is 31.3 Å². The van der Waals surface area contributed by atoms with Crippen LogP contribution in [0.1, 0.15) is 31.2 Å². The zero-order chi connectivity index (χ0) is 11.3. The number of thiophene rings is 1. The summed E-state index contributed by atoms with van der Waals surface area (Å²) in [6.45, 7) is 5.07. The van der Waals surface area contributed by atoms with Crippen molar-refractivity contribution in [2.45, 2.75) is 26.3 Å². The van der Waals surface area contributed by atoms with Crippen LogP contribution in [0.5, 0.6) is 0 Å². The molecule has 0 fully saturated rings. The lowest BCUT2D eigenvalue weighted by atomic mass is 10.2. The lowest BCUT2D eigenvalue weighted by Gasteiger charge is -2.26. The summed E-state index contributed by atoms with van der Waals surface area (Å²) in [5.74, 6) is -0.758. The van der Waals surface area contributed by atoms with Crippen LogP contribution >= 0.6 is 11.3 Å². The molecule has 0 amide bonds. The number of nitrogens with zero attached hydrogens (tertiary/aromatic N) is 1. The summed E-state index contributed by atoms with van der Waals surface area (Å²) in [6, 6.07) is 4.25. The molecule has 1 N–H and O–H groups in total. The molecule has 84 valence electrons. The Labute approximate surface area is 94.3 Å². The molecule has 1 atom stereocenters. The fourth-order valence-corrected chi connectivity index (χ4v) is 2.40. The summed E-state index contributed by atoms with van der Waals surface area (Å²) < 4.78 is 0. The number of carbonyl (C=O) groups is 1. The first-order valence-corrected chi connectivity index (χ1v) is 6.02. The second kappa shape index (κ2) is 5.88. The monoisotopic (exact) mass is 227 g/mol. The third-order valence-corrected chi connectivity index (χ3v) is 3.39. The number of aliphatic carboxylic acids is 1. The van der Waals surface area contributed by atoms with Gasteiger partial charge in [-0.2, -0.15) is 0 Å². The van der Waals surface area contributed by atoms with Crippen molar-refractivity contribution in [3.63, 3.8) is 0 Å². The predicted molar refractivity (Wildman–Crippen MR) is 62.2 cm³/mol. The number of hydrogen-bond acceptors (Lipinski definition) is 3. The molecule has 0 saturated carbocycles. The van der Waals surface area contributed by atoms with Gasteiger partial charge in [0.1, 0.15) is 0 Å². The molecule has 1 rings (SSSR count). The van der Waals surface area contributed by atoms with Gasteiger partial charge >= 0.3 is 5.97 Å². The lowest BCUT2D eigenvalue weighted by molar-refractivity contribution is -0.138. The highest BCUT2D eigenvalue weighted by Gasteiger charge is 2.17. The highest BCUT2D eigenvalue weighted by molar-refractivity contribution is 7.10. The quantitative estimate of drug-likeness (QED) is 0.812. The molecule has 0 aliphatic heterocycles. The van der Waals surface area contributed by atoms with Crippen molar-refractivity contribution < 1.29 is 9.90 Å². The minimum atomic E-state index is -0.758. The molecule has 1 heterocycles. The maximum Gasteiger partial charge on any atom is 0.317 e. The Morgan fingerprint density at radius 1 is 1.67 bits per heavy atom. The van der Waals surface area contributed by atoms with Gasteiger partial charge in [-0.25, -0.2) is 0 Å². The predicted octanol–water partition coefficient (Wildman–Crippen LogP) is 2.61. The van der Waals surface area contributed by atoms with Crippen molar-refractivity contribution in [2.75, 3.05) is 13.1 Å². The van der Waals surface area contributed by atoms with Crippen molar-refractivity contribution in [1.82, 2.24) is 4.90 Å². The maximum atomic E-state index is 10.7. The van der Waals surface area contributed by atoms with E-state index in [0.29, 0.717) is 0 Å².